The van der Waals surface area contributed by atoms with E-state index in [1.165, 1.54) is 0 Å². The smallest absolute Gasteiger partial charge is 0.387 e. The van der Waals surface area contributed by atoms with Gasteiger partial charge in [-0.1, -0.05) is 15.8 Å². The van der Waals surface area contributed by atoms with Gasteiger partial charge in [0.25, 0.3) is 5.56 Å². The predicted octanol–water partition coefficient (Wildman–Crippen LogP) is -1.47. The SMILES string of the molecule is Cc1ccc2c(Cn3c(=O)ccn(C4OC(COP(=O)(O)OP(=O)(O)O[NH3+])C(O)C4O)c3=O)noc2c1. The van der Waals surface area contributed by atoms with Crippen LogP contribution in [0.4, 0.5) is 0 Å². The molecule has 7 N–H and O–H groups in total. The van der Waals surface area contributed by atoms with Crippen LogP contribution < -0.4 is 17.1 Å². The van der Waals surface area contributed by atoms with Gasteiger partial charge in [0.05, 0.1) is 13.2 Å². The van der Waals surface area contributed by atoms with Crippen LogP contribution in [0.25, 0.3) is 11.0 Å². The molecule has 3 heterocycles. The molecule has 1 saturated heterocycles. The predicted molar refractivity (Wildman–Crippen MR) is 119 cm³/mol. The Morgan fingerprint density at radius 3 is 2.57 bits per heavy atom. The Morgan fingerprint density at radius 2 is 1.86 bits per heavy atom. The molecule has 0 aliphatic carbocycles. The number of aryl methyl sites for hydroxylation is 1. The van der Waals surface area contributed by atoms with Crippen molar-refractivity contribution in [1.82, 2.24) is 14.3 Å². The fraction of sp³-hybridized carbons (Fsp3) is 0.389. The number of rotatable bonds is 9. The van der Waals surface area contributed by atoms with Crippen LogP contribution in [0.2, 0.25) is 0 Å². The van der Waals surface area contributed by atoms with E-state index < -0.39 is 58.0 Å². The van der Waals surface area contributed by atoms with E-state index in [1.54, 1.807) is 12.1 Å². The first kappa shape index (κ1) is 27.5. The molecule has 0 radical (unpaired) electrons. The first-order valence-corrected chi connectivity index (χ1v) is 13.4. The van der Waals surface area contributed by atoms with Crippen LogP contribution in [-0.4, -0.2) is 59.2 Å². The number of nitrogens with zero attached hydrogens (tertiary/aromatic N) is 3. The molecule has 37 heavy (non-hydrogen) atoms. The van der Waals surface area contributed by atoms with Crippen LogP contribution in [-0.2, 0) is 33.9 Å². The van der Waals surface area contributed by atoms with Crippen molar-refractivity contribution in [3.8, 4) is 0 Å². The minimum absolute atomic E-state index is 0.271. The van der Waals surface area contributed by atoms with E-state index in [9.17, 15) is 33.8 Å². The summed E-state index contributed by atoms with van der Waals surface area (Å²) < 4.78 is 47.8. The summed E-state index contributed by atoms with van der Waals surface area (Å²) in [4.78, 5) is 44.3. The van der Waals surface area contributed by atoms with Gasteiger partial charge in [-0.3, -0.25) is 23.3 Å². The highest BCUT2D eigenvalue weighted by Crippen LogP contribution is 2.59. The van der Waals surface area contributed by atoms with E-state index in [-0.39, 0.29) is 6.54 Å². The molecule has 1 aliphatic rings. The van der Waals surface area contributed by atoms with Crippen LogP contribution in [0.1, 0.15) is 17.5 Å². The maximum Gasteiger partial charge on any atom is 0.527 e. The number of phosphoric ester groups is 1. The number of phosphoric acid groups is 2. The molecule has 0 amide bonds. The molecule has 6 atom stereocenters. The molecule has 0 bridgehead atoms. The van der Waals surface area contributed by atoms with Gasteiger partial charge in [0.1, 0.15) is 24.0 Å². The zero-order chi connectivity index (χ0) is 27.1. The quantitative estimate of drug-likeness (QED) is 0.147. The summed E-state index contributed by atoms with van der Waals surface area (Å²) in [7, 11) is -10.2. The van der Waals surface area contributed by atoms with E-state index in [2.05, 4.69) is 24.5 Å². The lowest BCUT2D eigenvalue weighted by atomic mass is 10.1. The van der Waals surface area contributed by atoms with Crippen molar-refractivity contribution in [3.05, 3.63) is 62.6 Å². The van der Waals surface area contributed by atoms with Crippen LogP contribution >= 0.6 is 15.6 Å². The number of aliphatic hydroxyl groups is 2. The van der Waals surface area contributed by atoms with Crippen molar-refractivity contribution in [3.63, 3.8) is 0 Å². The van der Waals surface area contributed by atoms with Crippen LogP contribution in [0.15, 0.2) is 44.6 Å². The molecule has 202 valence electrons. The standard InChI is InChI=1S/C18H22N4O13P2/c1-9-2-3-10-11(20-33-12(10)6-9)7-22-14(23)4-5-21(18(22)26)17-16(25)15(24)13(32-17)8-31-36(27,28)35-37(29,30)34-19/h2-6,13,15-17,24-25H,7-8H2,1,19H3,(H-,27,28,29,30)/p+1. The number of ether oxygens (including phenoxy) is 1. The zero-order valence-electron chi connectivity index (χ0n) is 19.0. The van der Waals surface area contributed by atoms with Gasteiger partial charge in [0, 0.05) is 17.6 Å². The summed E-state index contributed by atoms with van der Waals surface area (Å²) in [6.45, 7) is 0.682. The second-order valence-corrected chi connectivity index (χ2v) is 11.1. The summed E-state index contributed by atoms with van der Waals surface area (Å²) in [6.07, 6.45) is -5.45. The van der Waals surface area contributed by atoms with Gasteiger partial charge in [-0.25, -0.2) is 19.8 Å². The summed E-state index contributed by atoms with van der Waals surface area (Å²) in [5.74, 6) is 2.62. The molecule has 19 heteroatoms. The third kappa shape index (κ3) is 5.82. The molecular weight excluding hydrogens is 542 g/mol. The van der Waals surface area contributed by atoms with E-state index in [0.717, 1.165) is 27.0 Å². The second kappa shape index (κ2) is 10.3. The number of quaternary nitrogens is 1. The normalized spacial score (nSPS) is 25.2. The van der Waals surface area contributed by atoms with Gasteiger partial charge in [-0.15, -0.1) is 0 Å². The first-order chi connectivity index (χ1) is 17.3. The lowest BCUT2D eigenvalue weighted by Gasteiger charge is -2.19. The summed E-state index contributed by atoms with van der Waals surface area (Å²) >= 11 is 0. The molecule has 2 aromatic heterocycles. The third-order valence-corrected chi connectivity index (χ3v) is 7.94. The molecule has 1 fully saturated rings. The molecule has 4 rings (SSSR count). The number of hydrogen-bond donors (Lipinski definition) is 5. The van der Waals surface area contributed by atoms with Gasteiger partial charge in [-0.2, -0.15) is 4.31 Å². The Hall–Kier alpha value is -2.53. The average Bonchev–Trinajstić information content (AvgIpc) is 3.35. The summed E-state index contributed by atoms with van der Waals surface area (Å²) in [5, 5.41) is 25.3. The van der Waals surface area contributed by atoms with Crippen LogP contribution in [0, 0.1) is 6.92 Å². The topological polar surface area (TPSA) is 250 Å². The maximum absolute atomic E-state index is 13.1. The van der Waals surface area contributed by atoms with Crippen LogP contribution in [0.5, 0.6) is 0 Å². The van der Waals surface area contributed by atoms with E-state index >= 15 is 0 Å². The molecule has 6 unspecified atom stereocenters. The Balaban J connectivity index is 1.55. The average molecular weight is 565 g/mol. The lowest BCUT2D eigenvalue weighted by molar-refractivity contribution is -0.642. The lowest BCUT2D eigenvalue weighted by Crippen LogP contribution is -2.47. The van der Waals surface area contributed by atoms with Gasteiger partial charge >= 0.3 is 21.3 Å². The zero-order valence-corrected chi connectivity index (χ0v) is 20.8. The minimum Gasteiger partial charge on any atom is -0.387 e. The van der Waals surface area contributed by atoms with E-state index in [1.807, 2.05) is 13.0 Å². The fourth-order valence-electron chi connectivity index (χ4n) is 3.67. The summed E-state index contributed by atoms with van der Waals surface area (Å²) in [6, 6.07) is 6.32. The number of benzene rings is 1. The molecule has 1 aromatic carbocycles. The first-order valence-electron chi connectivity index (χ1n) is 10.5. The monoisotopic (exact) mass is 565 g/mol. The summed E-state index contributed by atoms with van der Waals surface area (Å²) in [5.41, 5.74) is 0.0843. The van der Waals surface area contributed by atoms with E-state index in [4.69, 9.17) is 14.2 Å². The fourth-order valence-corrected chi connectivity index (χ4v) is 5.43. The second-order valence-electron chi connectivity index (χ2n) is 8.05. The van der Waals surface area contributed by atoms with E-state index in [0.29, 0.717) is 16.7 Å². The Labute approximate surface area is 206 Å². The Bertz CT molecular complexity index is 1520. The molecule has 17 nitrogen and oxygen atoms in total. The van der Waals surface area contributed by atoms with Crippen molar-refractivity contribution >= 4 is 26.6 Å². The molecular formula is C18H23N4O13P2+. The number of hydrogen-bond acceptors (Lipinski definition) is 12. The van der Waals surface area contributed by atoms with Crippen molar-refractivity contribution in [1.29, 1.82) is 0 Å². The van der Waals surface area contributed by atoms with Gasteiger partial charge in [-0.05, 0) is 24.6 Å². The molecule has 0 spiro atoms. The molecule has 1 aliphatic heterocycles. The Kier molecular flexibility index (Phi) is 7.67. The largest absolute Gasteiger partial charge is 0.527 e. The van der Waals surface area contributed by atoms with Crippen molar-refractivity contribution in [2.75, 3.05) is 6.61 Å². The molecule has 0 saturated carbocycles. The Morgan fingerprint density at radius 1 is 1.14 bits per heavy atom. The van der Waals surface area contributed by atoms with Gasteiger partial charge < -0.3 is 24.4 Å². The third-order valence-electron chi connectivity index (χ3n) is 5.49. The van der Waals surface area contributed by atoms with Crippen molar-refractivity contribution in [2.24, 2.45) is 0 Å². The number of aromatic nitrogens is 3. The van der Waals surface area contributed by atoms with Crippen molar-refractivity contribution < 1.29 is 57.7 Å². The maximum atomic E-state index is 13.1. The van der Waals surface area contributed by atoms with Gasteiger partial charge in [0.2, 0.25) is 0 Å². The minimum atomic E-state index is -5.18. The number of aliphatic hydroxyl groups excluding tert-OH is 2. The van der Waals surface area contributed by atoms with Crippen LogP contribution in [0.3, 0.4) is 0 Å². The van der Waals surface area contributed by atoms with Gasteiger partial charge in [0.15, 0.2) is 11.8 Å². The highest BCUT2D eigenvalue weighted by molar-refractivity contribution is 7.61. The highest BCUT2D eigenvalue weighted by Gasteiger charge is 2.46. The molecule has 3 aromatic rings. The number of fused-ring (bicyclic) bond motifs is 1. The van der Waals surface area contributed by atoms with Crippen molar-refractivity contribution in [2.45, 2.75) is 38.0 Å². The highest BCUT2D eigenvalue weighted by atomic mass is 31.3.